The predicted molar refractivity (Wildman–Crippen MR) is 101 cm³/mol. The summed E-state index contributed by atoms with van der Waals surface area (Å²) in [7, 11) is 0. The molecule has 0 aromatic heterocycles. The molecule has 1 fully saturated rings. The Hall–Kier alpha value is -1.43. The molecular formula is C20H32N4O. The monoisotopic (exact) mass is 344 g/mol. The molecule has 0 aliphatic carbocycles. The highest BCUT2D eigenvalue weighted by Gasteiger charge is 2.29. The van der Waals surface area contributed by atoms with E-state index in [0.29, 0.717) is 12.0 Å². The van der Waals surface area contributed by atoms with Crippen molar-refractivity contribution in [3.8, 4) is 0 Å². The van der Waals surface area contributed by atoms with Crippen molar-refractivity contribution in [2.24, 2.45) is 5.92 Å². The third-order valence-electron chi connectivity index (χ3n) is 5.21. The average molecular weight is 345 g/mol. The number of hydrogen-bond acceptors (Lipinski definition) is 4. The molecule has 0 spiro atoms. The molecule has 3 N–H and O–H groups in total. The largest absolute Gasteiger partial charge is 0.355 e. The van der Waals surface area contributed by atoms with E-state index in [9.17, 15) is 4.79 Å². The Morgan fingerprint density at radius 2 is 2.08 bits per heavy atom. The van der Waals surface area contributed by atoms with Crippen LogP contribution in [0.5, 0.6) is 0 Å². The van der Waals surface area contributed by atoms with Crippen molar-refractivity contribution in [2.45, 2.75) is 58.2 Å². The van der Waals surface area contributed by atoms with Crippen LogP contribution in [-0.2, 0) is 17.8 Å². The number of nitrogens with one attached hydrogen (secondary N) is 3. The van der Waals surface area contributed by atoms with E-state index >= 15 is 0 Å². The lowest BCUT2D eigenvalue weighted by atomic mass is 9.99. The molecule has 1 aromatic rings. The first-order valence-electron chi connectivity index (χ1n) is 9.69. The van der Waals surface area contributed by atoms with Crippen LogP contribution in [0.1, 0.15) is 44.2 Å². The predicted octanol–water partition coefficient (Wildman–Crippen LogP) is 1.83. The van der Waals surface area contributed by atoms with Gasteiger partial charge in [0.1, 0.15) is 6.04 Å². The third-order valence-corrected chi connectivity index (χ3v) is 5.21. The van der Waals surface area contributed by atoms with E-state index in [1.807, 2.05) is 0 Å². The normalized spacial score (nSPS) is 23.6. The van der Waals surface area contributed by atoms with Crippen LogP contribution in [-0.4, -0.2) is 42.5 Å². The molecule has 0 saturated carbocycles. The number of amides is 1. The number of benzene rings is 1. The Morgan fingerprint density at radius 3 is 2.88 bits per heavy atom. The van der Waals surface area contributed by atoms with E-state index < -0.39 is 0 Å². The van der Waals surface area contributed by atoms with Crippen LogP contribution in [0.3, 0.4) is 0 Å². The van der Waals surface area contributed by atoms with Gasteiger partial charge >= 0.3 is 0 Å². The Kier molecular flexibility index (Phi) is 6.45. The molecule has 5 heteroatoms. The van der Waals surface area contributed by atoms with Crippen molar-refractivity contribution >= 4 is 5.91 Å². The fourth-order valence-electron chi connectivity index (χ4n) is 3.90. The number of hydrazine groups is 1. The summed E-state index contributed by atoms with van der Waals surface area (Å²) in [4.78, 5) is 14.8. The van der Waals surface area contributed by atoms with Crippen molar-refractivity contribution in [3.05, 3.63) is 35.4 Å². The SMILES string of the molecule is CC(C)CC1CC(C(=O)NCCCN2CCc3ccccc3C2)NN1. The van der Waals surface area contributed by atoms with Crippen molar-refractivity contribution in [1.82, 2.24) is 21.1 Å². The smallest absolute Gasteiger partial charge is 0.238 e. The Morgan fingerprint density at radius 1 is 1.28 bits per heavy atom. The second kappa shape index (κ2) is 8.79. The van der Waals surface area contributed by atoms with Gasteiger partial charge in [-0.25, -0.2) is 5.43 Å². The van der Waals surface area contributed by atoms with Crippen LogP contribution in [0.15, 0.2) is 24.3 Å². The molecule has 138 valence electrons. The molecular weight excluding hydrogens is 312 g/mol. The van der Waals surface area contributed by atoms with E-state index in [0.717, 1.165) is 51.9 Å². The van der Waals surface area contributed by atoms with E-state index in [1.54, 1.807) is 0 Å². The molecule has 0 radical (unpaired) electrons. The van der Waals surface area contributed by atoms with Crippen molar-refractivity contribution in [1.29, 1.82) is 0 Å². The minimum absolute atomic E-state index is 0.0920. The minimum Gasteiger partial charge on any atom is -0.355 e. The number of hydrogen-bond donors (Lipinski definition) is 3. The molecule has 1 aromatic carbocycles. The highest BCUT2D eigenvalue weighted by molar-refractivity contribution is 5.81. The van der Waals surface area contributed by atoms with Gasteiger partial charge in [-0.15, -0.1) is 0 Å². The van der Waals surface area contributed by atoms with Crippen molar-refractivity contribution < 1.29 is 4.79 Å². The summed E-state index contributed by atoms with van der Waals surface area (Å²) in [5.74, 6) is 0.776. The lowest BCUT2D eigenvalue weighted by Gasteiger charge is -2.28. The van der Waals surface area contributed by atoms with E-state index in [4.69, 9.17) is 0 Å². The number of rotatable bonds is 7. The van der Waals surface area contributed by atoms with Crippen LogP contribution < -0.4 is 16.2 Å². The number of fused-ring (bicyclic) bond motifs is 1. The van der Waals surface area contributed by atoms with E-state index in [-0.39, 0.29) is 11.9 Å². The number of nitrogens with zero attached hydrogens (tertiary/aromatic N) is 1. The maximum absolute atomic E-state index is 12.3. The molecule has 2 aliphatic heterocycles. The molecule has 3 rings (SSSR count). The van der Waals surface area contributed by atoms with Crippen LogP contribution in [0, 0.1) is 5.92 Å². The van der Waals surface area contributed by atoms with Gasteiger partial charge in [-0.1, -0.05) is 38.1 Å². The third kappa shape index (κ3) is 5.27. The van der Waals surface area contributed by atoms with Gasteiger partial charge in [0.2, 0.25) is 5.91 Å². The first-order chi connectivity index (χ1) is 12.1. The van der Waals surface area contributed by atoms with Gasteiger partial charge in [0.25, 0.3) is 0 Å². The van der Waals surface area contributed by atoms with E-state index in [1.165, 1.54) is 11.1 Å². The fraction of sp³-hybridized carbons (Fsp3) is 0.650. The molecule has 2 atom stereocenters. The summed E-state index contributed by atoms with van der Waals surface area (Å²) in [6.07, 6.45) is 4.13. The van der Waals surface area contributed by atoms with E-state index in [2.05, 4.69) is 59.2 Å². The first kappa shape index (κ1) is 18.4. The summed E-state index contributed by atoms with van der Waals surface area (Å²) >= 11 is 0. The molecule has 0 bridgehead atoms. The minimum atomic E-state index is -0.0920. The molecule has 1 amide bonds. The molecule has 2 heterocycles. The second-order valence-corrected chi connectivity index (χ2v) is 7.84. The highest BCUT2D eigenvalue weighted by atomic mass is 16.2. The zero-order valence-corrected chi connectivity index (χ0v) is 15.6. The molecule has 2 unspecified atom stereocenters. The number of carbonyl (C=O) groups excluding carboxylic acids is 1. The molecule has 1 saturated heterocycles. The topological polar surface area (TPSA) is 56.4 Å². The van der Waals surface area contributed by atoms with Gasteiger partial charge in [0.15, 0.2) is 0 Å². The Balaban J connectivity index is 1.32. The van der Waals surface area contributed by atoms with Crippen molar-refractivity contribution in [3.63, 3.8) is 0 Å². The summed E-state index contributed by atoms with van der Waals surface area (Å²) < 4.78 is 0. The first-order valence-corrected chi connectivity index (χ1v) is 9.69. The fourth-order valence-corrected chi connectivity index (χ4v) is 3.90. The summed E-state index contributed by atoms with van der Waals surface area (Å²) in [5.41, 5.74) is 9.33. The number of carbonyl (C=O) groups is 1. The summed E-state index contributed by atoms with van der Waals surface area (Å²) in [6, 6.07) is 9.03. The van der Waals surface area contributed by atoms with Gasteiger partial charge in [-0.2, -0.15) is 0 Å². The summed E-state index contributed by atoms with van der Waals surface area (Å²) in [6.45, 7) is 8.39. The lowest BCUT2D eigenvalue weighted by Crippen LogP contribution is -2.44. The zero-order valence-electron chi connectivity index (χ0n) is 15.6. The Bertz CT molecular complexity index is 575. The van der Waals surface area contributed by atoms with Gasteiger partial charge in [0, 0.05) is 32.2 Å². The van der Waals surface area contributed by atoms with Crippen LogP contribution in [0.4, 0.5) is 0 Å². The van der Waals surface area contributed by atoms with Gasteiger partial charge in [-0.05, 0) is 42.7 Å². The highest BCUT2D eigenvalue weighted by Crippen LogP contribution is 2.18. The van der Waals surface area contributed by atoms with Crippen LogP contribution >= 0.6 is 0 Å². The quantitative estimate of drug-likeness (QED) is 0.661. The Labute approximate surface area is 151 Å². The van der Waals surface area contributed by atoms with Crippen LogP contribution in [0.2, 0.25) is 0 Å². The second-order valence-electron chi connectivity index (χ2n) is 7.84. The van der Waals surface area contributed by atoms with Gasteiger partial charge in [-0.3, -0.25) is 15.1 Å². The standard InChI is InChI=1S/C20H32N4O/c1-15(2)12-18-13-19(23-22-18)20(25)21-9-5-10-24-11-8-16-6-3-4-7-17(16)14-24/h3-4,6-7,15,18-19,22-23H,5,8-14H2,1-2H3,(H,21,25). The average Bonchev–Trinajstić information content (AvgIpc) is 3.06. The summed E-state index contributed by atoms with van der Waals surface area (Å²) in [5, 5.41) is 3.09. The molecule has 5 nitrogen and oxygen atoms in total. The maximum atomic E-state index is 12.3. The lowest BCUT2D eigenvalue weighted by molar-refractivity contribution is -0.122. The van der Waals surface area contributed by atoms with Gasteiger partial charge in [0.05, 0.1) is 0 Å². The molecule has 2 aliphatic rings. The van der Waals surface area contributed by atoms with Crippen molar-refractivity contribution in [2.75, 3.05) is 19.6 Å². The van der Waals surface area contributed by atoms with Gasteiger partial charge < -0.3 is 5.32 Å². The molecule has 25 heavy (non-hydrogen) atoms. The van der Waals surface area contributed by atoms with Crippen LogP contribution in [0.25, 0.3) is 0 Å². The zero-order chi connectivity index (χ0) is 17.6. The maximum Gasteiger partial charge on any atom is 0.238 e.